The Morgan fingerprint density at radius 3 is 2.51 bits per heavy atom. The van der Waals surface area contributed by atoms with Gasteiger partial charge < -0.3 is 35.0 Å². The fraction of sp³-hybridized carbons (Fsp3) is 0.769. The molecule has 1 saturated carbocycles. The first kappa shape index (κ1) is 28.0. The Morgan fingerprint density at radius 2 is 1.91 bits per heavy atom. The van der Waals surface area contributed by atoms with Crippen LogP contribution in [0.2, 0.25) is 0 Å². The molecule has 1 aliphatic heterocycles. The van der Waals surface area contributed by atoms with Crippen LogP contribution >= 0.6 is 0 Å². The van der Waals surface area contributed by atoms with Gasteiger partial charge in [0, 0.05) is 5.92 Å². The molecule has 1 saturated heterocycles. The molecule has 10 unspecified atom stereocenters. The summed E-state index contributed by atoms with van der Waals surface area (Å²) in [6.45, 7) is 10.3. The van der Waals surface area contributed by atoms with E-state index in [4.69, 9.17) is 9.47 Å². The highest BCUT2D eigenvalue weighted by molar-refractivity contribution is 5.98. The van der Waals surface area contributed by atoms with Gasteiger partial charge in [-0.1, -0.05) is 25.0 Å². The molecule has 35 heavy (non-hydrogen) atoms. The van der Waals surface area contributed by atoms with E-state index in [0.29, 0.717) is 25.7 Å². The molecule has 3 rings (SSSR count). The number of rotatable bonds is 7. The minimum atomic E-state index is -1.71. The average Bonchev–Trinajstić information content (AvgIpc) is 2.78. The van der Waals surface area contributed by atoms with Crippen LogP contribution in [0.25, 0.3) is 0 Å². The van der Waals surface area contributed by atoms with Crippen molar-refractivity contribution in [3.8, 4) is 0 Å². The van der Waals surface area contributed by atoms with Crippen LogP contribution in [-0.4, -0.2) is 80.2 Å². The van der Waals surface area contributed by atoms with Crippen molar-refractivity contribution in [3.05, 3.63) is 24.3 Å². The molecule has 2 aliphatic carbocycles. The first-order valence-corrected chi connectivity index (χ1v) is 12.3. The number of carbonyl (C=O) groups is 2. The quantitative estimate of drug-likeness (QED) is 0.257. The number of ether oxygens (including phenoxy) is 2. The number of aliphatic hydroxyl groups excluding tert-OH is 4. The van der Waals surface area contributed by atoms with Crippen LogP contribution in [0.15, 0.2) is 24.3 Å². The second-order valence-electron chi connectivity index (χ2n) is 11.3. The van der Waals surface area contributed by atoms with Gasteiger partial charge in [-0.3, -0.25) is 9.59 Å². The second kappa shape index (κ2) is 10.0. The lowest BCUT2D eigenvalue weighted by Crippen LogP contribution is -2.61. The lowest BCUT2D eigenvalue weighted by molar-refractivity contribution is -0.296. The summed E-state index contributed by atoms with van der Waals surface area (Å²) in [6.07, 6.45) is -1.83. The van der Waals surface area contributed by atoms with Gasteiger partial charge in [-0.15, -0.1) is 6.58 Å². The monoisotopic (exact) mass is 496 g/mol. The Kier molecular flexibility index (Phi) is 8.01. The van der Waals surface area contributed by atoms with Crippen LogP contribution in [0.5, 0.6) is 0 Å². The molecule has 0 aromatic carbocycles. The lowest BCUT2D eigenvalue weighted by Gasteiger charge is -2.55. The third-order valence-corrected chi connectivity index (χ3v) is 8.63. The summed E-state index contributed by atoms with van der Waals surface area (Å²) in [5.41, 5.74) is -1.92. The molecule has 0 radical (unpaired) electrons. The average molecular weight is 497 g/mol. The summed E-state index contributed by atoms with van der Waals surface area (Å²) in [4.78, 5) is 26.9. The first-order chi connectivity index (χ1) is 16.2. The fourth-order valence-corrected chi connectivity index (χ4v) is 6.52. The number of carbonyl (C=O) groups excluding carboxylic acids is 2. The summed E-state index contributed by atoms with van der Waals surface area (Å²) in [5, 5.41) is 50.3. The minimum absolute atomic E-state index is 0.0451. The van der Waals surface area contributed by atoms with E-state index in [1.165, 1.54) is 6.08 Å². The van der Waals surface area contributed by atoms with Gasteiger partial charge in [0.15, 0.2) is 5.78 Å². The van der Waals surface area contributed by atoms with Crippen LogP contribution in [-0.2, 0) is 19.1 Å². The van der Waals surface area contributed by atoms with Crippen LogP contribution < -0.4 is 0 Å². The highest BCUT2D eigenvalue weighted by Crippen LogP contribution is 2.60. The normalized spacial score (nSPS) is 43.5. The van der Waals surface area contributed by atoms with Gasteiger partial charge in [-0.05, 0) is 63.9 Å². The number of hydrogen-bond donors (Lipinski definition) is 5. The molecule has 0 aromatic rings. The molecule has 0 spiro atoms. The van der Waals surface area contributed by atoms with E-state index >= 15 is 0 Å². The zero-order valence-electron chi connectivity index (χ0n) is 21.0. The van der Waals surface area contributed by atoms with Crippen LogP contribution in [0.1, 0.15) is 59.8 Å². The standard InChI is InChI=1S/C26H40O9/c1-6-24(3,33)11-8-15-14(2)12-16(28)21-25(15,4)9-7-10-26(21,5)23(32)35-22-20(31)19(30)18(29)17(13-27)34-22/h6,12,15,17-22,27,29-31,33H,1,7-11,13H2,2-5H3. The SMILES string of the molecule is C=CC(C)(O)CCC1C(C)=CC(=O)C2C(C)(C(=O)OC3OC(CO)C(O)C(O)C3O)CCCC12C. The minimum Gasteiger partial charge on any atom is -0.432 e. The van der Waals surface area contributed by atoms with Crippen molar-refractivity contribution < 1.29 is 44.6 Å². The van der Waals surface area contributed by atoms with Crippen molar-refractivity contribution in [3.63, 3.8) is 0 Å². The highest BCUT2D eigenvalue weighted by atomic mass is 16.7. The summed E-state index contributed by atoms with van der Waals surface area (Å²) in [7, 11) is 0. The number of allylic oxidation sites excluding steroid dienone is 2. The summed E-state index contributed by atoms with van der Waals surface area (Å²) < 4.78 is 10.9. The Bertz CT molecular complexity index is 865. The van der Waals surface area contributed by atoms with Crippen LogP contribution in [0.4, 0.5) is 0 Å². The molecule has 5 N–H and O–H groups in total. The van der Waals surface area contributed by atoms with E-state index in [-0.39, 0.29) is 11.7 Å². The van der Waals surface area contributed by atoms with Gasteiger partial charge in [0.05, 0.1) is 17.6 Å². The number of ketones is 1. The van der Waals surface area contributed by atoms with Crippen molar-refractivity contribution in [1.29, 1.82) is 0 Å². The van der Waals surface area contributed by atoms with Gasteiger partial charge in [0.1, 0.15) is 24.4 Å². The van der Waals surface area contributed by atoms with Crippen LogP contribution in [0, 0.1) is 22.7 Å². The number of esters is 1. The maximum atomic E-state index is 13.6. The Labute approximate surface area is 206 Å². The summed E-state index contributed by atoms with van der Waals surface area (Å²) in [5.74, 6) is -1.64. The molecule has 198 valence electrons. The highest BCUT2D eigenvalue weighted by Gasteiger charge is 2.61. The van der Waals surface area contributed by atoms with Crippen molar-refractivity contribution in [2.75, 3.05) is 6.61 Å². The molecule has 0 amide bonds. The zero-order chi connectivity index (χ0) is 26.3. The van der Waals surface area contributed by atoms with E-state index in [0.717, 1.165) is 12.0 Å². The number of aliphatic hydroxyl groups is 5. The molecular weight excluding hydrogens is 456 g/mol. The molecule has 9 heteroatoms. The summed E-state index contributed by atoms with van der Waals surface area (Å²) in [6, 6.07) is 0. The van der Waals surface area contributed by atoms with Gasteiger partial charge >= 0.3 is 5.97 Å². The molecule has 0 bridgehead atoms. The molecular formula is C26H40O9. The van der Waals surface area contributed by atoms with Crippen molar-refractivity contribution in [2.45, 2.75) is 96.1 Å². The topological polar surface area (TPSA) is 154 Å². The Morgan fingerprint density at radius 1 is 1.26 bits per heavy atom. The number of hydrogen-bond acceptors (Lipinski definition) is 9. The predicted octanol–water partition coefficient (Wildman–Crippen LogP) is 1.00. The van der Waals surface area contributed by atoms with E-state index in [1.54, 1.807) is 19.9 Å². The van der Waals surface area contributed by atoms with E-state index in [2.05, 4.69) is 6.58 Å². The smallest absolute Gasteiger partial charge is 0.314 e. The third-order valence-electron chi connectivity index (χ3n) is 8.63. The Hall–Kier alpha value is -1.62. The molecule has 1 heterocycles. The van der Waals surface area contributed by atoms with Gasteiger partial charge in [-0.25, -0.2) is 0 Å². The lowest BCUT2D eigenvalue weighted by atomic mass is 9.47. The van der Waals surface area contributed by atoms with Gasteiger partial charge in [0.2, 0.25) is 6.29 Å². The fourth-order valence-electron chi connectivity index (χ4n) is 6.52. The second-order valence-corrected chi connectivity index (χ2v) is 11.3. The molecule has 3 aliphatic rings. The van der Waals surface area contributed by atoms with Crippen LogP contribution in [0.3, 0.4) is 0 Å². The third kappa shape index (κ3) is 4.99. The van der Waals surface area contributed by atoms with Crippen molar-refractivity contribution in [1.82, 2.24) is 0 Å². The van der Waals surface area contributed by atoms with Crippen molar-refractivity contribution in [2.24, 2.45) is 22.7 Å². The summed E-state index contributed by atoms with van der Waals surface area (Å²) >= 11 is 0. The number of fused-ring (bicyclic) bond motifs is 1. The zero-order valence-corrected chi connectivity index (χ0v) is 21.0. The van der Waals surface area contributed by atoms with Crippen molar-refractivity contribution >= 4 is 11.8 Å². The predicted molar refractivity (Wildman–Crippen MR) is 126 cm³/mol. The maximum Gasteiger partial charge on any atom is 0.314 e. The van der Waals surface area contributed by atoms with E-state index in [1.807, 2.05) is 13.8 Å². The largest absolute Gasteiger partial charge is 0.432 e. The Balaban J connectivity index is 1.89. The first-order valence-electron chi connectivity index (χ1n) is 12.3. The van der Waals surface area contributed by atoms with E-state index in [9.17, 15) is 35.1 Å². The molecule has 10 atom stereocenters. The molecule has 2 fully saturated rings. The van der Waals surface area contributed by atoms with Gasteiger partial charge in [-0.2, -0.15) is 0 Å². The van der Waals surface area contributed by atoms with Gasteiger partial charge in [0.25, 0.3) is 0 Å². The molecule has 9 nitrogen and oxygen atoms in total. The maximum absolute atomic E-state index is 13.6. The molecule has 0 aromatic heterocycles. The van der Waals surface area contributed by atoms with E-state index < -0.39 is 65.6 Å².